The molecule has 1 aliphatic heterocycles. The van der Waals surface area contributed by atoms with E-state index in [0.717, 1.165) is 12.8 Å². The highest BCUT2D eigenvalue weighted by molar-refractivity contribution is 7.91. The fourth-order valence-electron chi connectivity index (χ4n) is 2.53. The molecule has 2 aliphatic rings. The minimum atomic E-state index is -2.90. The third kappa shape index (κ3) is 4.43. The molecule has 116 valence electrons. The average Bonchev–Trinajstić information content (AvgIpc) is 3.11. The molecule has 0 aromatic rings. The van der Waals surface area contributed by atoms with Crippen LogP contribution in [0.5, 0.6) is 0 Å². The van der Waals surface area contributed by atoms with Gasteiger partial charge in [-0.2, -0.15) is 0 Å². The van der Waals surface area contributed by atoms with E-state index in [1.165, 1.54) is 0 Å². The summed E-state index contributed by atoms with van der Waals surface area (Å²) >= 11 is 0. The Morgan fingerprint density at radius 3 is 2.60 bits per heavy atom. The Morgan fingerprint density at radius 1 is 1.40 bits per heavy atom. The van der Waals surface area contributed by atoms with Gasteiger partial charge in [0.1, 0.15) is 6.04 Å². The number of rotatable bonds is 7. The summed E-state index contributed by atoms with van der Waals surface area (Å²) in [4.78, 5) is 13.9. The summed E-state index contributed by atoms with van der Waals surface area (Å²) in [6.45, 7) is 2.65. The Bertz CT molecular complexity index is 447. The number of hydrogen-bond donors (Lipinski definition) is 1. The monoisotopic (exact) mass is 304 g/mol. The maximum absolute atomic E-state index is 12.0. The molecule has 0 aromatic carbocycles. The van der Waals surface area contributed by atoms with Crippen LogP contribution in [-0.4, -0.2) is 69.1 Å². The number of carbonyl (C=O) groups excluding carboxylic acids is 1. The topological polar surface area (TPSA) is 75.7 Å². The van der Waals surface area contributed by atoms with Gasteiger partial charge >= 0.3 is 5.97 Å². The fourth-order valence-corrected chi connectivity index (χ4v) is 4.34. The normalized spacial score (nSPS) is 26.6. The van der Waals surface area contributed by atoms with Crippen molar-refractivity contribution in [2.24, 2.45) is 0 Å². The minimum absolute atomic E-state index is 0.0120. The number of nitrogens with zero attached hydrogens (tertiary/aromatic N) is 1. The lowest BCUT2D eigenvalue weighted by Crippen LogP contribution is -2.49. The third-order valence-electron chi connectivity index (χ3n) is 3.89. The molecule has 1 N–H and O–H groups in total. The summed E-state index contributed by atoms with van der Waals surface area (Å²) in [6, 6.07) is 0.0544. The summed E-state index contributed by atoms with van der Waals surface area (Å²) in [5, 5.41) is 3.28. The van der Waals surface area contributed by atoms with Crippen LogP contribution >= 0.6 is 0 Å². The first kappa shape index (κ1) is 15.7. The SMILES string of the molecule is CCOC(=O)C(CN(C)C1CCS(=O)(=O)C1)NC1CC1. The van der Waals surface area contributed by atoms with Crippen molar-refractivity contribution in [1.29, 1.82) is 0 Å². The average molecular weight is 304 g/mol. The van der Waals surface area contributed by atoms with Crippen LogP contribution in [0.25, 0.3) is 0 Å². The van der Waals surface area contributed by atoms with E-state index >= 15 is 0 Å². The molecule has 20 heavy (non-hydrogen) atoms. The van der Waals surface area contributed by atoms with Crippen LogP contribution in [0.4, 0.5) is 0 Å². The molecule has 6 nitrogen and oxygen atoms in total. The second-order valence-corrected chi connectivity index (χ2v) is 7.97. The number of nitrogens with one attached hydrogen (secondary N) is 1. The minimum Gasteiger partial charge on any atom is -0.465 e. The molecule has 0 radical (unpaired) electrons. The summed E-state index contributed by atoms with van der Waals surface area (Å²) in [5.74, 6) is 0.206. The Morgan fingerprint density at radius 2 is 2.10 bits per heavy atom. The summed E-state index contributed by atoms with van der Waals surface area (Å²) in [7, 11) is -1.01. The molecule has 0 bridgehead atoms. The standard InChI is InChI=1S/C13H24N2O4S/c1-3-19-13(16)12(14-10-4-5-10)8-15(2)11-6-7-20(17,18)9-11/h10-12,14H,3-9H2,1-2H3. The molecular formula is C13H24N2O4S. The van der Waals surface area contributed by atoms with Crippen molar-refractivity contribution in [2.45, 2.75) is 44.3 Å². The van der Waals surface area contributed by atoms with Gasteiger partial charge in [-0.05, 0) is 33.2 Å². The maximum atomic E-state index is 12.0. The fraction of sp³-hybridized carbons (Fsp3) is 0.923. The van der Waals surface area contributed by atoms with Crippen LogP contribution in [-0.2, 0) is 19.4 Å². The zero-order chi connectivity index (χ0) is 14.8. The number of sulfone groups is 1. The largest absolute Gasteiger partial charge is 0.465 e. The first-order chi connectivity index (χ1) is 9.41. The van der Waals surface area contributed by atoms with E-state index in [1.54, 1.807) is 6.92 Å². The van der Waals surface area contributed by atoms with Crippen molar-refractivity contribution in [3.63, 3.8) is 0 Å². The van der Waals surface area contributed by atoms with E-state index in [0.29, 0.717) is 25.6 Å². The van der Waals surface area contributed by atoms with Crippen molar-refractivity contribution in [2.75, 3.05) is 31.7 Å². The van der Waals surface area contributed by atoms with Gasteiger partial charge in [-0.1, -0.05) is 0 Å². The van der Waals surface area contributed by atoms with Crippen molar-refractivity contribution in [1.82, 2.24) is 10.2 Å². The Kier molecular flexibility index (Phi) is 5.04. The predicted molar refractivity (Wildman–Crippen MR) is 76.3 cm³/mol. The number of likely N-dealkylation sites (N-methyl/N-ethyl adjacent to an activating group) is 1. The Hall–Kier alpha value is -0.660. The summed E-state index contributed by atoms with van der Waals surface area (Å²) in [6.07, 6.45) is 2.84. The van der Waals surface area contributed by atoms with E-state index in [-0.39, 0.29) is 29.6 Å². The smallest absolute Gasteiger partial charge is 0.324 e. The molecule has 0 spiro atoms. The van der Waals surface area contributed by atoms with E-state index in [1.807, 2.05) is 11.9 Å². The molecule has 0 amide bonds. The number of hydrogen-bond acceptors (Lipinski definition) is 6. The Balaban J connectivity index is 1.90. The number of ether oxygens (including phenoxy) is 1. The second-order valence-electron chi connectivity index (χ2n) is 5.74. The molecule has 1 saturated carbocycles. The van der Waals surface area contributed by atoms with Crippen LogP contribution in [0.2, 0.25) is 0 Å². The highest BCUT2D eigenvalue weighted by atomic mass is 32.2. The third-order valence-corrected chi connectivity index (χ3v) is 5.64. The molecular weight excluding hydrogens is 280 g/mol. The lowest BCUT2D eigenvalue weighted by Gasteiger charge is -2.27. The highest BCUT2D eigenvalue weighted by Gasteiger charge is 2.34. The molecule has 7 heteroatoms. The molecule has 0 aromatic heterocycles. The van der Waals surface area contributed by atoms with Gasteiger partial charge in [-0.15, -0.1) is 0 Å². The second kappa shape index (κ2) is 6.41. The Labute approximate surface area is 120 Å². The molecule has 1 aliphatic carbocycles. The zero-order valence-corrected chi connectivity index (χ0v) is 13.0. The zero-order valence-electron chi connectivity index (χ0n) is 12.2. The first-order valence-corrected chi connectivity index (χ1v) is 9.06. The first-order valence-electron chi connectivity index (χ1n) is 7.24. The van der Waals surface area contributed by atoms with Crippen molar-refractivity contribution < 1.29 is 17.9 Å². The van der Waals surface area contributed by atoms with Gasteiger partial charge in [0.25, 0.3) is 0 Å². The summed E-state index contributed by atoms with van der Waals surface area (Å²) in [5.41, 5.74) is 0. The van der Waals surface area contributed by atoms with Crippen molar-refractivity contribution >= 4 is 15.8 Å². The van der Waals surface area contributed by atoms with Crippen LogP contribution in [0.15, 0.2) is 0 Å². The molecule has 2 fully saturated rings. The maximum Gasteiger partial charge on any atom is 0.324 e. The van der Waals surface area contributed by atoms with E-state index in [2.05, 4.69) is 5.32 Å². The molecule has 1 saturated heterocycles. The lowest BCUT2D eigenvalue weighted by atomic mass is 10.2. The molecule has 2 unspecified atom stereocenters. The van der Waals surface area contributed by atoms with Crippen LogP contribution < -0.4 is 5.32 Å². The molecule has 2 rings (SSSR count). The quantitative estimate of drug-likeness (QED) is 0.656. The predicted octanol–water partition coefficient (Wildman–Crippen LogP) is -0.211. The van der Waals surface area contributed by atoms with Crippen LogP contribution in [0.3, 0.4) is 0 Å². The van der Waals surface area contributed by atoms with Gasteiger partial charge in [0.15, 0.2) is 9.84 Å². The van der Waals surface area contributed by atoms with Crippen LogP contribution in [0, 0.1) is 0 Å². The van der Waals surface area contributed by atoms with E-state index in [4.69, 9.17) is 4.74 Å². The van der Waals surface area contributed by atoms with Crippen molar-refractivity contribution in [3.8, 4) is 0 Å². The van der Waals surface area contributed by atoms with Crippen LogP contribution in [0.1, 0.15) is 26.2 Å². The van der Waals surface area contributed by atoms with Gasteiger partial charge in [-0.25, -0.2) is 8.42 Å². The molecule has 1 heterocycles. The highest BCUT2D eigenvalue weighted by Crippen LogP contribution is 2.21. The number of carbonyl (C=O) groups is 1. The van der Waals surface area contributed by atoms with Gasteiger partial charge in [-0.3, -0.25) is 4.79 Å². The lowest BCUT2D eigenvalue weighted by molar-refractivity contribution is -0.146. The van der Waals surface area contributed by atoms with Gasteiger partial charge in [0.05, 0.1) is 18.1 Å². The van der Waals surface area contributed by atoms with Gasteiger partial charge in [0, 0.05) is 18.6 Å². The molecule has 2 atom stereocenters. The number of esters is 1. The van der Waals surface area contributed by atoms with Crippen molar-refractivity contribution in [3.05, 3.63) is 0 Å². The summed E-state index contributed by atoms with van der Waals surface area (Å²) < 4.78 is 28.1. The van der Waals surface area contributed by atoms with E-state index < -0.39 is 9.84 Å². The van der Waals surface area contributed by atoms with Gasteiger partial charge < -0.3 is 15.0 Å². The van der Waals surface area contributed by atoms with Gasteiger partial charge in [0.2, 0.25) is 0 Å². The van der Waals surface area contributed by atoms with E-state index in [9.17, 15) is 13.2 Å².